The van der Waals surface area contributed by atoms with E-state index >= 15 is 0 Å². The Morgan fingerprint density at radius 2 is 1.90 bits per heavy atom. The van der Waals surface area contributed by atoms with Crippen molar-refractivity contribution < 1.29 is 41.1 Å². The maximum Gasteiger partial charge on any atom is 0.298 e. The van der Waals surface area contributed by atoms with Crippen molar-refractivity contribution in [2.24, 2.45) is 10.2 Å². The average Bonchev–Trinajstić information content (AvgIpc) is 3.13. The zero-order valence-electron chi connectivity index (χ0n) is 14.6. The lowest BCUT2D eigenvalue weighted by Crippen LogP contribution is -1.99. The summed E-state index contributed by atoms with van der Waals surface area (Å²) < 4.78 is 59.8. The molecule has 3 aromatic rings. The van der Waals surface area contributed by atoms with Gasteiger partial charge < -0.3 is 5.11 Å². The summed E-state index contributed by atoms with van der Waals surface area (Å²) in [4.78, 5) is 3.11. The summed E-state index contributed by atoms with van der Waals surface area (Å²) in [6, 6.07) is 5.25. The molecular weight excluding hydrogens is 466 g/mol. The SMILES string of the molecule is CS(=O)(=O)c1nc(N=Nc2c(O)c(S(=O)(=O)O)cc3cc(SOOO)ccc23)n[nH]1. The number of benzene rings is 2. The van der Waals surface area contributed by atoms with E-state index in [1.54, 1.807) is 0 Å². The fraction of sp³-hybridized carbons (Fsp3) is 0.0769. The van der Waals surface area contributed by atoms with Crippen LogP contribution < -0.4 is 0 Å². The highest BCUT2D eigenvalue weighted by molar-refractivity contribution is 7.94. The molecule has 0 aliphatic carbocycles. The largest absolute Gasteiger partial charge is 0.504 e. The van der Waals surface area contributed by atoms with Crippen LogP contribution in [0.25, 0.3) is 10.8 Å². The molecule has 0 saturated carbocycles. The van der Waals surface area contributed by atoms with Crippen LogP contribution >= 0.6 is 12.0 Å². The van der Waals surface area contributed by atoms with Gasteiger partial charge in [-0.25, -0.2) is 18.8 Å². The summed E-state index contributed by atoms with van der Waals surface area (Å²) >= 11 is 0.592. The number of nitrogens with zero attached hydrogens (tertiary/aromatic N) is 4. The molecule has 0 saturated heterocycles. The van der Waals surface area contributed by atoms with Gasteiger partial charge in [0.05, 0.1) is 12.0 Å². The molecule has 0 amide bonds. The van der Waals surface area contributed by atoms with Crippen molar-refractivity contribution >= 4 is 54.4 Å². The zero-order chi connectivity index (χ0) is 22.1. The fourth-order valence-electron chi connectivity index (χ4n) is 2.28. The smallest absolute Gasteiger partial charge is 0.298 e. The number of aromatic nitrogens is 3. The van der Waals surface area contributed by atoms with E-state index in [1.165, 1.54) is 18.2 Å². The molecule has 3 rings (SSSR count). The molecule has 0 atom stereocenters. The Bertz CT molecular complexity index is 1350. The highest BCUT2D eigenvalue weighted by atomic mass is 32.2. The number of H-pyrrole nitrogens is 1. The molecule has 14 nitrogen and oxygen atoms in total. The van der Waals surface area contributed by atoms with Gasteiger partial charge in [-0.3, -0.25) is 4.55 Å². The molecule has 0 unspecified atom stereocenters. The van der Waals surface area contributed by atoms with Crippen molar-refractivity contribution in [3.63, 3.8) is 0 Å². The predicted octanol–water partition coefficient (Wildman–Crippen LogP) is 2.16. The molecule has 0 aliphatic rings. The van der Waals surface area contributed by atoms with Crippen molar-refractivity contribution in [3.8, 4) is 5.75 Å². The van der Waals surface area contributed by atoms with Gasteiger partial charge >= 0.3 is 0 Å². The summed E-state index contributed by atoms with van der Waals surface area (Å²) in [6.07, 6.45) is 0.893. The second kappa shape index (κ2) is 8.22. The Morgan fingerprint density at radius 3 is 2.50 bits per heavy atom. The van der Waals surface area contributed by atoms with Gasteiger partial charge in [0.15, 0.2) is 5.75 Å². The van der Waals surface area contributed by atoms with E-state index in [0.29, 0.717) is 16.9 Å². The highest BCUT2D eigenvalue weighted by Crippen LogP contribution is 2.42. The number of phenolic OH excluding ortho intramolecular Hbond substituents is 1. The summed E-state index contributed by atoms with van der Waals surface area (Å²) in [5.74, 6) is -1.30. The molecule has 0 bridgehead atoms. The summed E-state index contributed by atoms with van der Waals surface area (Å²) in [5, 5.41) is 35.0. The number of phenols is 1. The van der Waals surface area contributed by atoms with Gasteiger partial charge in [0, 0.05) is 16.5 Å². The van der Waals surface area contributed by atoms with E-state index in [1.807, 2.05) is 0 Å². The third-order valence-corrected chi connectivity index (χ3v) is 5.83. The van der Waals surface area contributed by atoms with Crippen molar-refractivity contribution in [2.45, 2.75) is 14.9 Å². The lowest BCUT2D eigenvalue weighted by atomic mass is 10.1. The van der Waals surface area contributed by atoms with Gasteiger partial charge in [0.25, 0.3) is 16.1 Å². The number of aromatic amines is 1. The van der Waals surface area contributed by atoms with Crippen LogP contribution in [0.3, 0.4) is 0 Å². The maximum absolute atomic E-state index is 11.6. The second-order valence-corrected chi connectivity index (χ2v) is 9.66. The number of hydrogen-bond donors (Lipinski definition) is 4. The van der Waals surface area contributed by atoms with Crippen LogP contribution in [0.4, 0.5) is 11.6 Å². The van der Waals surface area contributed by atoms with Crippen molar-refractivity contribution in [1.29, 1.82) is 0 Å². The lowest BCUT2D eigenvalue weighted by Gasteiger charge is -2.09. The molecule has 160 valence electrons. The number of hydrogen-bond acceptors (Lipinski definition) is 13. The van der Waals surface area contributed by atoms with E-state index in [2.05, 4.69) is 34.8 Å². The van der Waals surface area contributed by atoms with E-state index < -0.39 is 41.7 Å². The van der Waals surface area contributed by atoms with Gasteiger partial charge in [-0.2, -0.15) is 13.4 Å². The quantitative estimate of drug-likeness (QED) is 0.127. The van der Waals surface area contributed by atoms with Crippen LogP contribution in [0, 0.1) is 0 Å². The molecule has 1 aromatic heterocycles. The first-order chi connectivity index (χ1) is 14.0. The molecule has 1 heterocycles. The topological polar surface area (TPSA) is 214 Å². The Hall–Kier alpha value is -2.67. The molecule has 17 heteroatoms. The highest BCUT2D eigenvalue weighted by Gasteiger charge is 2.22. The standard InChI is InChI=1S/C13H11N5O9S3/c1-29(21,22)13-14-12(17-18-13)16-15-10-8-3-2-7(28-27-26-20)4-6(8)5-9(11(10)19)30(23,24)25/h2-5,19-20H,1H3,(H,14,17,18)(H,23,24,25). The van der Waals surface area contributed by atoms with Gasteiger partial charge in [-0.15, -0.1) is 19.7 Å². The van der Waals surface area contributed by atoms with Crippen LogP contribution in [-0.4, -0.2) is 53.2 Å². The van der Waals surface area contributed by atoms with E-state index in [0.717, 1.165) is 12.3 Å². The summed E-state index contributed by atoms with van der Waals surface area (Å²) in [7, 11) is -8.53. The lowest BCUT2D eigenvalue weighted by molar-refractivity contribution is -0.432. The van der Waals surface area contributed by atoms with E-state index in [-0.39, 0.29) is 16.5 Å². The minimum Gasteiger partial charge on any atom is -0.504 e. The zero-order valence-corrected chi connectivity index (χ0v) is 17.1. The van der Waals surface area contributed by atoms with Crippen LogP contribution in [0.2, 0.25) is 0 Å². The summed E-state index contributed by atoms with van der Waals surface area (Å²) in [5.41, 5.74) is -0.360. The summed E-state index contributed by atoms with van der Waals surface area (Å²) in [6.45, 7) is 0. The van der Waals surface area contributed by atoms with Gasteiger partial charge in [-0.05, 0) is 23.6 Å². The minimum atomic E-state index is -4.85. The molecule has 4 N–H and O–H groups in total. The first-order valence-corrected chi connectivity index (χ1v) is 11.5. The number of azo groups is 1. The number of aromatic hydroxyl groups is 1. The molecule has 0 fully saturated rings. The number of nitrogens with one attached hydrogen (secondary N) is 1. The van der Waals surface area contributed by atoms with Gasteiger partial charge in [-0.1, -0.05) is 11.1 Å². The first-order valence-electron chi connectivity index (χ1n) is 7.47. The third-order valence-electron chi connectivity index (χ3n) is 3.50. The van der Waals surface area contributed by atoms with Crippen LogP contribution in [0.5, 0.6) is 5.75 Å². The van der Waals surface area contributed by atoms with Gasteiger partial charge in [0.1, 0.15) is 10.6 Å². The van der Waals surface area contributed by atoms with Crippen molar-refractivity contribution in [1.82, 2.24) is 15.2 Å². The Kier molecular flexibility index (Phi) is 6.04. The molecular formula is C13H11N5O9S3. The monoisotopic (exact) mass is 477 g/mol. The minimum absolute atomic E-state index is 0.188. The van der Waals surface area contributed by atoms with E-state index in [9.17, 15) is 26.5 Å². The molecule has 0 spiro atoms. The number of sulfone groups is 1. The second-order valence-electron chi connectivity index (χ2n) is 5.57. The molecule has 0 aliphatic heterocycles. The Labute approximate surface area is 172 Å². The predicted molar refractivity (Wildman–Crippen MR) is 99.8 cm³/mol. The van der Waals surface area contributed by atoms with Crippen molar-refractivity contribution in [3.05, 3.63) is 24.3 Å². The van der Waals surface area contributed by atoms with Crippen LogP contribution in [-0.2, 0) is 29.3 Å². The normalized spacial score (nSPS) is 12.8. The average molecular weight is 477 g/mol. The molecule has 2 aromatic carbocycles. The van der Waals surface area contributed by atoms with Crippen LogP contribution in [0.1, 0.15) is 0 Å². The Balaban J connectivity index is 2.16. The Morgan fingerprint density at radius 1 is 1.17 bits per heavy atom. The first kappa shape index (κ1) is 22.0. The molecule has 30 heavy (non-hydrogen) atoms. The third kappa shape index (κ3) is 4.73. The fourth-order valence-corrected chi connectivity index (χ4v) is 3.76. The van der Waals surface area contributed by atoms with E-state index in [4.69, 9.17) is 5.26 Å². The van der Waals surface area contributed by atoms with Crippen LogP contribution in [0.15, 0.2) is 49.4 Å². The number of rotatable bonds is 7. The number of fused-ring (bicyclic) bond motifs is 1. The maximum atomic E-state index is 11.6. The van der Waals surface area contributed by atoms with Crippen molar-refractivity contribution in [2.75, 3.05) is 6.26 Å². The van der Waals surface area contributed by atoms with Gasteiger partial charge in [0.2, 0.25) is 15.0 Å². The molecule has 0 radical (unpaired) electrons.